The Bertz CT molecular complexity index is 666. The SMILES string of the molecule is CC(C)=Nc1nc2c(cc1C(N)=O)c(N)nn2C. The molecule has 0 saturated heterocycles. The molecule has 2 heterocycles. The summed E-state index contributed by atoms with van der Waals surface area (Å²) < 4.78 is 1.54. The number of carbonyl (C=O) groups is 1. The fraction of sp³-hybridized carbons (Fsp3) is 0.273. The number of aromatic nitrogens is 3. The van der Waals surface area contributed by atoms with Crippen molar-refractivity contribution in [2.75, 3.05) is 5.73 Å². The van der Waals surface area contributed by atoms with E-state index in [1.807, 2.05) is 13.8 Å². The van der Waals surface area contributed by atoms with E-state index in [0.29, 0.717) is 16.9 Å². The fourth-order valence-electron chi connectivity index (χ4n) is 1.67. The summed E-state index contributed by atoms with van der Waals surface area (Å²) in [6.45, 7) is 3.63. The Labute approximate surface area is 104 Å². The first-order valence-corrected chi connectivity index (χ1v) is 5.35. The minimum atomic E-state index is -0.590. The van der Waals surface area contributed by atoms with Crippen molar-refractivity contribution in [1.29, 1.82) is 0 Å². The van der Waals surface area contributed by atoms with Gasteiger partial charge in [0, 0.05) is 12.8 Å². The monoisotopic (exact) mass is 246 g/mol. The van der Waals surface area contributed by atoms with Crippen LogP contribution in [0.5, 0.6) is 0 Å². The normalized spacial score (nSPS) is 10.6. The number of pyridine rings is 1. The predicted molar refractivity (Wildman–Crippen MR) is 69.9 cm³/mol. The molecular weight excluding hydrogens is 232 g/mol. The molecule has 0 aliphatic heterocycles. The number of anilines is 1. The number of rotatable bonds is 2. The molecule has 2 aromatic heterocycles. The van der Waals surface area contributed by atoms with Gasteiger partial charge in [0.05, 0.1) is 10.9 Å². The Hall–Kier alpha value is -2.44. The first-order valence-electron chi connectivity index (χ1n) is 5.35. The van der Waals surface area contributed by atoms with Crippen LogP contribution in [0.2, 0.25) is 0 Å². The van der Waals surface area contributed by atoms with Crippen LogP contribution in [0.4, 0.5) is 11.6 Å². The predicted octanol–water partition coefficient (Wildman–Crippen LogP) is 0.762. The summed E-state index contributed by atoms with van der Waals surface area (Å²) in [6.07, 6.45) is 0. The lowest BCUT2D eigenvalue weighted by Crippen LogP contribution is -2.12. The molecule has 0 spiro atoms. The lowest BCUT2D eigenvalue weighted by atomic mass is 10.2. The van der Waals surface area contributed by atoms with E-state index in [1.54, 1.807) is 17.8 Å². The van der Waals surface area contributed by atoms with Crippen LogP contribution >= 0.6 is 0 Å². The second-order valence-electron chi connectivity index (χ2n) is 4.16. The molecule has 1 amide bonds. The maximum atomic E-state index is 11.4. The molecule has 2 aromatic rings. The fourth-order valence-corrected chi connectivity index (χ4v) is 1.67. The van der Waals surface area contributed by atoms with Crippen molar-refractivity contribution in [3.8, 4) is 0 Å². The van der Waals surface area contributed by atoms with Crippen molar-refractivity contribution in [3.63, 3.8) is 0 Å². The van der Waals surface area contributed by atoms with Crippen molar-refractivity contribution in [1.82, 2.24) is 14.8 Å². The summed E-state index contributed by atoms with van der Waals surface area (Å²) in [5, 5.41) is 4.64. The Balaban J connectivity index is 2.83. The van der Waals surface area contributed by atoms with Crippen molar-refractivity contribution < 1.29 is 4.79 Å². The Morgan fingerprint density at radius 3 is 2.67 bits per heavy atom. The molecule has 0 saturated carbocycles. The number of fused-ring (bicyclic) bond motifs is 1. The van der Waals surface area contributed by atoms with Crippen LogP contribution in [0.25, 0.3) is 11.0 Å². The number of nitrogens with zero attached hydrogens (tertiary/aromatic N) is 4. The summed E-state index contributed by atoms with van der Waals surface area (Å²) in [5.74, 6) is 0.0110. The maximum Gasteiger partial charge on any atom is 0.252 e. The highest BCUT2D eigenvalue weighted by molar-refractivity contribution is 6.03. The quantitative estimate of drug-likeness (QED) is 0.761. The molecule has 0 aliphatic carbocycles. The molecule has 2 rings (SSSR count). The molecule has 0 aromatic carbocycles. The molecule has 7 heteroatoms. The van der Waals surface area contributed by atoms with Gasteiger partial charge in [0.15, 0.2) is 17.3 Å². The summed E-state index contributed by atoms with van der Waals surface area (Å²) in [5.41, 5.74) is 12.6. The van der Waals surface area contributed by atoms with Crippen LogP contribution in [-0.4, -0.2) is 26.4 Å². The minimum Gasteiger partial charge on any atom is -0.382 e. The summed E-state index contributed by atoms with van der Waals surface area (Å²) in [6, 6.07) is 1.58. The largest absolute Gasteiger partial charge is 0.382 e. The number of primary amides is 1. The molecule has 18 heavy (non-hydrogen) atoms. The van der Waals surface area contributed by atoms with E-state index in [0.717, 1.165) is 5.71 Å². The third kappa shape index (κ3) is 1.90. The lowest BCUT2D eigenvalue weighted by Gasteiger charge is -2.03. The van der Waals surface area contributed by atoms with Gasteiger partial charge in [-0.05, 0) is 19.9 Å². The number of carbonyl (C=O) groups excluding carboxylic acids is 1. The molecule has 0 atom stereocenters. The van der Waals surface area contributed by atoms with Crippen molar-refractivity contribution >= 4 is 34.3 Å². The molecule has 0 unspecified atom stereocenters. The van der Waals surface area contributed by atoms with E-state index >= 15 is 0 Å². The Morgan fingerprint density at radius 1 is 1.44 bits per heavy atom. The van der Waals surface area contributed by atoms with Crippen LogP contribution in [0.3, 0.4) is 0 Å². The summed E-state index contributed by atoms with van der Waals surface area (Å²) >= 11 is 0. The minimum absolute atomic E-state index is 0.239. The number of hydrogen-bond acceptors (Lipinski definition) is 5. The zero-order valence-electron chi connectivity index (χ0n) is 10.4. The first kappa shape index (κ1) is 12.0. The van der Waals surface area contributed by atoms with E-state index in [2.05, 4.69) is 15.1 Å². The van der Waals surface area contributed by atoms with Gasteiger partial charge >= 0.3 is 0 Å². The number of aliphatic imine (C=N–C) groups is 1. The van der Waals surface area contributed by atoms with Gasteiger partial charge < -0.3 is 11.5 Å². The number of nitrogen functional groups attached to an aromatic ring is 1. The van der Waals surface area contributed by atoms with E-state index in [-0.39, 0.29) is 11.4 Å². The number of aryl methyl sites for hydroxylation is 1. The van der Waals surface area contributed by atoms with Gasteiger partial charge in [-0.1, -0.05) is 0 Å². The smallest absolute Gasteiger partial charge is 0.252 e. The van der Waals surface area contributed by atoms with E-state index in [4.69, 9.17) is 11.5 Å². The molecular formula is C11H14N6O. The third-order valence-electron chi connectivity index (χ3n) is 2.42. The molecule has 0 bridgehead atoms. The molecule has 94 valence electrons. The van der Waals surface area contributed by atoms with Crippen LogP contribution in [-0.2, 0) is 7.05 Å². The van der Waals surface area contributed by atoms with Gasteiger partial charge in [-0.25, -0.2) is 14.7 Å². The van der Waals surface area contributed by atoms with E-state index < -0.39 is 5.91 Å². The summed E-state index contributed by atoms with van der Waals surface area (Å²) in [4.78, 5) is 19.9. The van der Waals surface area contributed by atoms with Crippen LogP contribution in [0, 0.1) is 0 Å². The highest BCUT2D eigenvalue weighted by Crippen LogP contribution is 2.25. The average molecular weight is 246 g/mol. The maximum absolute atomic E-state index is 11.4. The van der Waals surface area contributed by atoms with Gasteiger partial charge in [-0.3, -0.25) is 4.79 Å². The van der Waals surface area contributed by atoms with Crippen LogP contribution < -0.4 is 11.5 Å². The zero-order valence-corrected chi connectivity index (χ0v) is 10.4. The van der Waals surface area contributed by atoms with Gasteiger partial charge in [-0.2, -0.15) is 5.10 Å². The molecule has 0 fully saturated rings. The van der Waals surface area contributed by atoms with Crippen molar-refractivity contribution in [2.45, 2.75) is 13.8 Å². The lowest BCUT2D eigenvalue weighted by molar-refractivity contribution is 0.100. The first-order chi connectivity index (χ1) is 8.40. The average Bonchev–Trinajstić information content (AvgIpc) is 2.52. The number of amides is 1. The van der Waals surface area contributed by atoms with Crippen molar-refractivity contribution in [3.05, 3.63) is 11.6 Å². The van der Waals surface area contributed by atoms with Gasteiger partial charge in [-0.15, -0.1) is 0 Å². The molecule has 0 radical (unpaired) electrons. The van der Waals surface area contributed by atoms with Gasteiger partial charge in [0.1, 0.15) is 0 Å². The topological polar surface area (TPSA) is 112 Å². The van der Waals surface area contributed by atoms with E-state index in [1.165, 1.54) is 0 Å². The second kappa shape index (κ2) is 4.10. The van der Waals surface area contributed by atoms with Gasteiger partial charge in [0.2, 0.25) is 0 Å². The Kier molecular flexibility index (Phi) is 2.74. The molecule has 7 nitrogen and oxygen atoms in total. The van der Waals surface area contributed by atoms with Crippen LogP contribution in [0.15, 0.2) is 11.1 Å². The van der Waals surface area contributed by atoms with Crippen molar-refractivity contribution in [2.24, 2.45) is 17.8 Å². The zero-order chi connectivity index (χ0) is 13.4. The summed E-state index contributed by atoms with van der Waals surface area (Å²) in [7, 11) is 1.72. The molecule has 4 N–H and O–H groups in total. The Morgan fingerprint density at radius 2 is 2.11 bits per heavy atom. The molecule has 0 aliphatic rings. The van der Waals surface area contributed by atoms with E-state index in [9.17, 15) is 4.79 Å². The van der Waals surface area contributed by atoms with Crippen LogP contribution in [0.1, 0.15) is 24.2 Å². The highest BCUT2D eigenvalue weighted by atomic mass is 16.1. The van der Waals surface area contributed by atoms with Gasteiger partial charge in [0.25, 0.3) is 5.91 Å². The highest BCUT2D eigenvalue weighted by Gasteiger charge is 2.15. The standard InChI is InChI=1S/C11H14N6O/c1-5(2)14-10-7(9(13)18)4-6-8(12)16-17(3)11(6)15-10/h4H,1-3H3,(H2,12,16)(H2,13,18). The number of nitrogens with two attached hydrogens (primary N) is 2. The number of hydrogen-bond donors (Lipinski definition) is 2. The second-order valence-corrected chi connectivity index (χ2v) is 4.16. The third-order valence-corrected chi connectivity index (χ3v) is 2.42.